The van der Waals surface area contributed by atoms with E-state index in [1.165, 1.54) is 25.3 Å². The van der Waals surface area contributed by atoms with Gasteiger partial charge in [0.25, 0.3) is 5.91 Å². The molecule has 5 N–H and O–H groups in total. The fourth-order valence-electron chi connectivity index (χ4n) is 4.23. The number of ether oxygens (including phenoxy) is 2. The number of aromatic hydroxyl groups is 1. The summed E-state index contributed by atoms with van der Waals surface area (Å²) in [5, 5.41) is 21.9. The average molecular weight is 502 g/mol. The number of hydrogen-bond donors (Lipinski definition) is 4. The molecule has 0 saturated carbocycles. The lowest BCUT2D eigenvalue weighted by molar-refractivity contribution is -0.114. The van der Waals surface area contributed by atoms with E-state index in [1.807, 2.05) is 13.8 Å². The molecule has 0 aromatic heterocycles. The van der Waals surface area contributed by atoms with Crippen LogP contribution in [0.25, 0.3) is 0 Å². The Morgan fingerprint density at radius 2 is 1.97 bits per heavy atom. The first-order valence-electron chi connectivity index (χ1n) is 12.1. The number of carbonyl (C=O) groups excluding carboxylic acids is 1. The summed E-state index contributed by atoms with van der Waals surface area (Å²) in [7, 11) is 1.51. The molecule has 196 valence electrons. The second-order valence-corrected chi connectivity index (χ2v) is 9.00. The molecule has 2 aromatic carbocycles. The SMILES string of the molecule is CCNC(=O)C(=N)N(c1ccc(CN2CCOCC2)cc1F)C(N)c1cc(C(C)C)c(OC)cc1O. The van der Waals surface area contributed by atoms with Crippen molar-refractivity contribution in [2.45, 2.75) is 39.4 Å². The number of anilines is 1. The van der Waals surface area contributed by atoms with Crippen molar-refractivity contribution in [3.05, 3.63) is 52.8 Å². The van der Waals surface area contributed by atoms with Gasteiger partial charge in [0.1, 0.15) is 23.5 Å². The predicted octanol–water partition coefficient (Wildman–Crippen LogP) is 3.07. The summed E-state index contributed by atoms with van der Waals surface area (Å²) in [6.45, 7) is 9.28. The van der Waals surface area contributed by atoms with Crippen LogP contribution in [-0.2, 0) is 16.1 Å². The number of amidine groups is 1. The van der Waals surface area contributed by atoms with Crippen LogP contribution in [0.1, 0.15) is 49.5 Å². The Hall–Kier alpha value is -3.21. The fraction of sp³-hybridized carbons (Fsp3) is 0.462. The molecule has 0 spiro atoms. The third kappa shape index (κ3) is 6.13. The summed E-state index contributed by atoms with van der Waals surface area (Å²) in [5.74, 6) is -1.52. The number of carbonyl (C=O) groups is 1. The molecule has 9 nitrogen and oxygen atoms in total. The topological polar surface area (TPSA) is 124 Å². The van der Waals surface area contributed by atoms with Crippen molar-refractivity contribution < 1.29 is 23.8 Å². The molecule has 1 amide bonds. The molecule has 2 aromatic rings. The van der Waals surface area contributed by atoms with Gasteiger partial charge < -0.3 is 25.6 Å². The minimum absolute atomic E-state index is 0.0363. The molecule has 1 unspecified atom stereocenters. The first kappa shape index (κ1) is 27.4. The van der Waals surface area contributed by atoms with E-state index in [9.17, 15) is 9.90 Å². The van der Waals surface area contributed by atoms with Gasteiger partial charge in [-0.15, -0.1) is 0 Å². The normalized spacial score (nSPS) is 15.0. The first-order chi connectivity index (χ1) is 17.2. The second-order valence-electron chi connectivity index (χ2n) is 9.00. The molecule has 1 atom stereocenters. The predicted molar refractivity (Wildman–Crippen MR) is 137 cm³/mol. The summed E-state index contributed by atoms with van der Waals surface area (Å²) in [6, 6.07) is 7.78. The monoisotopic (exact) mass is 501 g/mol. The smallest absolute Gasteiger partial charge is 0.286 e. The number of halogens is 1. The summed E-state index contributed by atoms with van der Waals surface area (Å²) in [4.78, 5) is 15.9. The quantitative estimate of drug-likeness (QED) is 0.249. The van der Waals surface area contributed by atoms with Crippen LogP contribution in [0.5, 0.6) is 11.5 Å². The van der Waals surface area contributed by atoms with Crippen LogP contribution < -0.4 is 20.7 Å². The van der Waals surface area contributed by atoms with Gasteiger partial charge in [0, 0.05) is 37.8 Å². The minimum Gasteiger partial charge on any atom is -0.507 e. The third-order valence-corrected chi connectivity index (χ3v) is 6.17. The maximum Gasteiger partial charge on any atom is 0.286 e. The molecule has 10 heteroatoms. The van der Waals surface area contributed by atoms with E-state index in [-0.39, 0.29) is 29.5 Å². The van der Waals surface area contributed by atoms with Gasteiger partial charge >= 0.3 is 0 Å². The Bertz CT molecular complexity index is 1090. The number of amides is 1. The van der Waals surface area contributed by atoms with Gasteiger partial charge in [-0.2, -0.15) is 0 Å². The maximum atomic E-state index is 15.5. The van der Waals surface area contributed by atoms with E-state index in [2.05, 4.69) is 10.2 Å². The number of rotatable bonds is 8. The second kappa shape index (κ2) is 12.2. The van der Waals surface area contributed by atoms with E-state index < -0.39 is 23.7 Å². The standard InChI is InChI=1S/C26H36FN5O4/c1-5-30-26(34)25(29)32(24(28)19-13-18(16(2)3)23(35-4)14-22(19)33)21-7-6-17(12-20(21)27)15-31-8-10-36-11-9-31/h6-7,12-14,16,24,29,33H,5,8-11,15,28H2,1-4H3,(H,30,34). The lowest BCUT2D eigenvalue weighted by atomic mass is 9.97. The molecule has 1 aliphatic heterocycles. The Kier molecular flexibility index (Phi) is 9.25. The van der Waals surface area contributed by atoms with Crippen molar-refractivity contribution in [2.75, 3.05) is 44.9 Å². The lowest BCUT2D eigenvalue weighted by Crippen LogP contribution is -2.47. The average Bonchev–Trinajstić information content (AvgIpc) is 2.85. The van der Waals surface area contributed by atoms with E-state index in [0.717, 1.165) is 29.1 Å². The van der Waals surface area contributed by atoms with Crippen LogP contribution in [0, 0.1) is 11.2 Å². The van der Waals surface area contributed by atoms with Crippen molar-refractivity contribution in [3.63, 3.8) is 0 Å². The van der Waals surface area contributed by atoms with Gasteiger partial charge in [0.15, 0.2) is 5.84 Å². The number of benzene rings is 2. The van der Waals surface area contributed by atoms with Gasteiger partial charge in [-0.3, -0.25) is 20.0 Å². The molecule has 1 fully saturated rings. The molecule has 36 heavy (non-hydrogen) atoms. The Labute approximate surface area is 211 Å². The number of hydrogen-bond acceptors (Lipinski definition) is 7. The molecule has 0 radical (unpaired) electrons. The van der Waals surface area contributed by atoms with Gasteiger partial charge in [-0.1, -0.05) is 19.9 Å². The molecule has 3 rings (SSSR count). The van der Waals surface area contributed by atoms with E-state index in [4.69, 9.17) is 20.6 Å². The third-order valence-electron chi connectivity index (χ3n) is 6.17. The number of phenols is 1. The maximum absolute atomic E-state index is 15.5. The summed E-state index contributed by atoms with van der Waals surface area (Å²) < 4.78 is 26.3. The number of nitrogens with one attached hydrogen (secondary N) is 2. The van der Waals surface area contributed by atoms with Crippen LogP contribution in [0.4, 0.5) is 10.1 Å². The first-order valence-corrected chi connectivity index (χ1v) is 12.1. The molecule has 1 saturated heterocycles. The lowest BCUT2D eigenvalue weighted by Gasteiger charge is -2.32. The molecular formula is C26H36FN5O4. The number of nitrogens with two attached hydrogens (primary N) is 1. The summed E-state index contributed by atoms with van der Waals surface area (Å²) in [5.41, 5.74) is 8.28. The zero-order valence-corrected chi connectivity index (χ0v) is 21.3. The molecule has 1 aliphatic rings. The highest BCUT2D eigenvalue weighted by molar-refractivity contribution is 6.41. The van der Waals surface area contributed by atoms with Gasteiger partial charge in [-0.25, -0.2) is 4.39 Å². The molecular weight excluding hydrogens is 465 g/mol. The van der Waals surface area contributed by atoms with E-state index in [1.54, 1.807) is 19.1 Å². The number of phenolic OH excluding ortho intramolecular Hbond substituents is 1. The van der Waals surface area contributed by atoms with E-state index in [0.29, 0.717) is 25.5 Å². The number of nitrogens with zero attached hydrogens (tertiary/aromatic N) is 2. The minimum atomic E-state index is -1.22. The van der Waals surface area contributed by atoms with Crippen molar-refractivity contribution in [1.82, 2.24) is 10.2 Å². The number of morpholine rings is 1. The van der Waals surface area contributed by atoms with Gasteiger partial charge in [0.2, 0.25) is 0 Å². The summed E-state index contributed by atoms with van der Waals surface area (Å²) >= 11 is 0. The van der Waals surface area contributed by atoms with Crippen LogP contribution in [0.2, 0.25) is 0 Å². The Balaban J connectivity index is 2.02. The highest BCUT2D eigenvalue weighted by Gasteiger charge is 2.30. The number of methoxy groups -OCH3 is 1. The molecule has 0 bridgehead atoms. The van der Waals surface area contributed by atoms with Crippen LogP contribution in [0.3, 0.4) is 0 Å². The van der Waals surface area contributed by atoms with Crippen LogP contribution in [-0.4, -0.2) is 61.7 Å². The molecule has 1 heterocycles. The van der Waals surface area contributed by atoms with Crippen LogP contribution in [0.15, 0.2) is 30.3 Å². The largest absolute Gasteiger partial charge is 0.507 e. The van der Waals surface area contributed by atoms with Crippen molar-refractivity contribution in [2.24, 2.45) is 5.73 Å². The van der Waals surface area contributed by atoms with Crippen LogP contribution >= 0.6 is 0 Å². The summed E-state index contributed by atoms with van der Waals surface area (Å²) in [6.07, 6.45) is -1.22. The molecule has 0 aliphatic carbocycles. The van der Waals surface area contributed by atoms with Crippen molar-refractivity contribution in [3.8, 4) is 11.5 Å². The van der Waals surface area contributed by atoms with E-state index >= 15 is 4.39 Å². The van der Waals surface area contributed by atoms with Crippen molar-refractivity contribution in [1.29, 1.82) is 5.41 Å². The highest BCUT2D eigenvalue weighted by Crippen LogP contribution is 2.38. The highest BCUT2D eigenvalue weighted by atomic mass is 19.1. The van der Waals surface area contributed by atoms with Crippen molar-refractivity contribution >= 4 is 17.4 Å². The number of likely N-dealkylation sites (N-methyl/N-ethyl adjacent to an activating group) is 1. The Morgan fingerprint density at radius 3 is 2.56 bits per heavy atom. The van der Waals surface area contributed by atoms with Gasteiger partial charge in [0.05, 0.1) is 26.0 Å². The Morgan fingerprint density at radius 1 is 1.28 bits per heavy atom. The zero-order valence-electron chi connectivity index (χ0n) is 21.3. The fourth-order valence-corrected chi connectivity index (χ4v) is 4.23. The zero-order chi connectivity index (χ0) is 26.4. The van der Waals surface area contributed by atoms with Gasteiger partial charge in [-0.05, 0) is 42.2 Å².